The van der Waals surface area contributed by atoms with Crippen molar-refractivity contribution in [3.8, 4) is 0 Å². The predicted molar refractivity (Wildman–Crippen MR) is 105 cm³/mol. The summed E-state index contributed by atoms with van der Waals surface area (Å²) >= 11 is 3.23. The number of piperidine rings is 1. The van der Waals surface area contributed by atoms with Crippen LogP contribution in [-0.2, 0) is 6.54 Å². The van der Waals surface area contributed by atoms with Crippen molar-refractivity contribution >= 4 is 57.5 Å². The maximum Gasteiger partial charge on any atom is 0.309 e. The molecule has 3 rings (SSSR count). The maximum absolute atomic E-state index is 11.3. The molecule has 0 saturated carbocycles. The summed E-state index contributed by atoms with van der Waals surface area (Å²) in [4.78, 5) is 15.1. The molecular formula is C15H19BrCl2N4O3. The number of halogens is 3. The Balaban J connectivity index is 0.00000156. The molecule has 0 spiro atoms. The van der Waals surface area contributed by atoms with Crippen LogP contribution in [0.25, 0.3) is 11.0 Å². The zero-order chi connectivity index (χ0) is 16.4. The summed E-state index contributed by atoms with van der Waals surface area (Å²) in [6.07, 6.45) is 6.78. The van der Waals surface area contributed by atoms with Crippen LogP contribution in [0.5, 0.6) is 0 Å². The fourth-order valence-corrected chi connectivity index (χ4v) is 3.31. The van der Waals surface area contributed by atoms with E-state index in [1.807, 2.05) is 12.2 Å². The van der Waals surface area contributed by atoms with Crippen molar-refractivity contribution in [3.05, 3.63) is 45.2 Å². The van der Waals surface area contributed by atoms with E-state index in [0.717, 1.165) is 19.4 Å². The number of imidazole rings is 1. The van der Waals surface area contributed by atoms with Gasteiger partial charge in [-0.15, -0.1) is 24.8 Å². The standard InChI is InChI=1S/C15H17BrN4O3.2ClH/c16-10-5-6-12-15(14(10)20(22)23)19(9-18-12)8-2-3-11-13(21)4-1-7-17-11;;/h2-3,5-6,9,11,13,17,21H,1,4,7-8H2;2*1H/b3-2+;;/t11-,13+;;/m1../s1. The SMILES string of the molecule is Cl.Cl.O=[N+]([O-])c1c(Br)ccc2ncn(C/C=C/[C@H]3NCCC[C@@H]3O)c12. The van der Waals surface area contributed by atoms with Crippen LogP contribution in [0.2, 0.25) is 0 Å². The molecule has 2 heterocycles. The average Bonchev–Trinajstić information content (AvgIpc) is 2.92. The maximum atomic E-state index is 11.3. The van der Waals surface area contributed by atoms with Crippen molar-refractivity contribution in [3.63, 3.8) is 0 Å². The van der Waals surface area contributed by atoms with E-state index in [0.29, 0.717) is 22.1 Å². The molecule has 1 fully saturated rings. The van der Waals surface area contributed by atoms with Gasteiger partial charge in [0.15, 0.2) is 0 Å². The molecule has 2 atom stereocenters. The molecule has 1 aliphatic rings. The predicted octanol–water partition coefficient (Wildman–Crippen LogP) is 3.22. The third-order valence-corrected chi connectivity index (χ3v) is 4.64. The lowest BCUT2D eigenvalue weighted by molar-refractivity contribution is -0.384. The second-order valence-corrected chi connectivity index (χ2v) is 6.39. The van der Waals surface area contributed by atoms with E-state index in [1.165, 1.54) is 0 Å². The van der Waals surface area contributed by atoms with E-state index in [2.05, 4.69) is 26.2 Å². The Morgan fingerprint density at radius 1 is 1.48 bits per heavy atom. The van der Waals surface area contributed by atoms with Crippen molar-refractivity contribution in [1.82, 2.24) is 14.9 Å². The number of nitro benzene ring substituents is 1. The summed E-state index contributed by atoms with van der Waals surface area (Å²) in [6, 6.07) is 3.31. The molecular weight excluding hydrogens is 435 g/mol. The van der Waals surface area contributed by atoms with E-state index >= 15 is 0 Å². The lowest BCUT2D eigenvalue weighted by atomic mass is 10.0. The molecule has 10 heteroatoms. The first-order valence-electron chi connectivity index (χ1n) is 7.44. The highest BCUT2D eigenvalue weighted by atomic mass is 79.9. The monoisotopic (exact) mass is 452 g/mol. The third-order valence-electron chi connectivity index (χ3n) is 4.00. The number of aromatic nitrogens is 2. The van der Waals surface area contributed by atoms with Gasteiger partial charge in [0.25, 0.3) is 0 Å². The molecule has 1 aromatic heterocycles. The summed E-state index contributed by atoms with van der Waals surface area (Å²) < 4.78 is 2.18. The number of nitrogens with one attached hydrogen (secondary N) is 1. The first-order chi connectivity index (χ1) is 11.1. The van der Waals surface area contributed by atoms with Crippen molar-refractivity contribution in [1.29, 1.82) is 0 Å². The molecule has 2 aromatic rings. The Morgan fingerprint density at radius 3 is 2.92 bits per heavy atom. The first kappa shape index (κ1) is 21.9. The molecule has 1 saturated heterocycles. The molecule has 0 aliphatic carbocycles. The summed E-state index contributed by atoms with van der Waals surface area (Å²) in [6.45, 7) is 1.34. The van der Waals surface area contributed by atoms with Crippen molar-refractivity contribution in [2.24, 2.45) is 0 Å². The Morgan fingerprint density at radius 2 is 2.24 bits per heavy atom. The summed E-state index contributed by atoms with van der Waals surface area (Å²) in [7, 11) is 0. The molecule has 7 nitrogen and oxygen atoms in total. The zero-order valence-corrected chi connectivity index (χ0v) is 16.4. The Bertz CT molecular complexity index is 769. The van der Waals surface area contributed by atoms with Gasteiger partial charge in [0.2, 0.25) is 0 Å². The molecule has 0 amide bonds. The Hall–Kier alpha value is -1.19. The van der Waals surface area contributed by atoms with E-state index < -0.39 is 4.92 Å². The average molecular weight is 454 g/mol. The number of hydrogen-bond donors (Lipinski definition) is 2. The zero-order valence-electron chi connectivity index (χ0n) is 13.2. The fraction of sp³-hybridized carbons (Fsp3) is 0.400. The van der Waals surface area contributed by atoms with Crippen molar-refractivity contribution < 1.29 is 10.0 Å². The number of aliphatic hydroxyl groups excluding tert-OH is 1. The van der Waals surface area contributed by atoms with Crippen LogP contribution in [0.3, 0.4) is 0 Å². The molecule has 1 aliphatic heterocycles. The molecule has 0 unspecified atom stereocenters. The topological polar surface area (TPSA) is 93.2 Å². The van der Waals surface area contributed by atoms with Gasteiger partial charge in [0, 0.05) is 6.54 Å². The second-order valence-electron chi connectivity index (χ2n) is 5.54. The molecule has 1 aromatic carbocycles. The number of aliphatic hydroxyl groups is 1. The highest BCUT2D eigenvalue weighted by Gasteiger charge is 2.21. The number of rotatable bonds is 4. The minimum Gasteiger partial charge on any atom is -0.391 e. The highest BCUT2D eigenvalue weighted by Crippen LogP contribution is 2.32. The first-order valence-corrected chi connectivity index (χ1v) is 8.23. The van der Waals surface area contributed by atoms with Gasteiger partial charge in [-0.2, -0.15) is 0 Å². The van der Waals surface area contributed by atoms with Crippen LogP contribution in [-0.4, -0.2) is 38.3 Å². The van der Waals surface area contributed by atoms with Crippen LogP contribution in [0.15, 0.2) is 35.1 Å². The van der Waals surface area contributed by atoms with Gasteiger partial charge in [-0.1, -0.05) is 12.2 Å². The largest absolute Gasteiger partial charge is 0.391 e. The van der Waals surface area contributed by atoms with Crippen molar-refractivity contribution in [2.75, 3.05) is 6.54 Å². The lowest BCUT2D eigenvalue weighted by Gasteiger charge is -2.26. The normalized spacial score (nSPS) is 20.2. The van der Waals surface area contributed by atoms with Gasteiger partial charge in [0.1, 0.15) is 5.52 Å². The minimum absolute atomic E-state index is 0. The Labute approximate surface area is 165 Å². The summed E-state index contributed by atoms with van der Waals surface area (Å²) in [5.74, 6) is 0. The quantitative estimate of drug-likeness (QED) is 0.421. The molecule has 0 bridgehead atoms. The number of allylic oxidation sites excluding steroid dienone is 1. The van der Waals surface area contributed by atoms with Gasteiger partial charge in [-0.25, -0.2) is 4.98 Å². The number of benzene rings is 1. The second kappa shape index (κ2) is 9.49. The van der Waals surface area contributed by atoms with Crippen LogP contribution >= 0.6 is 40.7 Å². The smallest absolute Gasteiger partial charge is 0.309 e. The van der Waals surface area contributed by atoms with Gasteiger partial charge in [-0.3, -0.25) is 10.1 Å². The van der Waals surface area contributed by atoms with Crippen LogP contribution < -0.4 is 5.32 Å². The third kappa shape index (κ3) is 4.71. The molecule has 138 valence electrons. The number of hydrogen-bond acceptors (Lipinski definition) is 5. The fourth-order valence-electron chi connectivity index (χ4n) is 2.85. The Kier molecular flexibility index (Phi) is 8.30. The summed E-state index contributed by atoms with van der Waals surface area (Å²) in [5.41, 5.74) is 1.10. The highest BCUT2D eigenvalue weighted by molar-refractivity contribution is 9.10. The van der Waals surface area contributed by atoms with E-state index in [9.17, 15) is 15.2 Å². The van der Waals surface area contributed by atoms with E-state index in [-0.39, 0.29) is 42.6 Å². The van der Waals surface area contributed by atoms with Gasteiger partial charge < -0.3 is 15.0 Å². The van der Waals surface area contributed by atoms with E-state index in [1.54, 1.807) is 23.0 Å². The number of fused-ring (bicyclic) bond motifs is 1. The van der Waals surface area contributed by atoms with E-state index in [4.69, 9.17) is 0 Å². The van der Waals surface area contributed by atoms with Gasteiger partial charge in [-0.05, 0) is 47.4 Å². The van der Waals surface area contributed by atoms with Crippen LogP contribution in [0, 0.1) is 10.1 Å². The van der Waals surface area contributed by atoms with Gasteiger partial charge >= 0.3 is 5.69 Å². The van der Waals surface area contributed by atoms with Crippen LogP contribution in [0.1, 0.15) is 12.8 Å². The molecule has 25 heavy (non-hydrogen) atoms. The minimum atomic E-state index is -0.402. The lowest BCUT2D eigenvalue weighted by Crippen LogP contribution is -2.43. The van der Waals surface area contributed by atoms with Gasteiger partial charge in [0.05, 0.1) is 33.4 Å². The number of nitro groups is 1. The number of nitrogens with zero attached hydrogens (tertiary/aromatic N) is 3. The van der Waals surface area contributed by atoms with Crippen LogP contribution in [0.4, 0.5) is 5.69 Å². The molecule has 0 radical (unpaired) electrons. The molecule has 2 N–H and O–H groups in total. The van der Waals surface area contributed by atoms with Crippen molar-refractivity contribution in [2.45, 2.75) is 31.5 Å². The summed E-state index contributed by atoms with van der Waals surface area (Å²) in [5, 5.41) is 24.5.